The van der Waals surface area contributed by atoms with Crippen molar-refractivity contribution < 1.29 is 9.53 Å². The minimum Gasteiger partial charge on any atom is -0.367 e. The molecular weight excluding hydrogens is 252 g/mol. The number of carbonyl (C=O) groups excluding carboxylic acids is 1. The van der Waals surface area contributed by atoms with Crippen LogP contribution in [0.15, 0.2) is 30.3 Å². The van der Waals surface area contributed by atoms with Crippen molar-refractivity contribution in [2.45, 2.75) is 6.10 Å². The predicted molar refractivity (Wildman–Crippen MR) is 72.9 cm³/mol. The minimum absolute atomic E-state index is 0. The Balaban J connectivity index is 0.00000162. The van der Waals surface area contributed by atoms with E-state index in [4.69, 9.17) is 4.74 Å². The molecule has 4 nitrogen and oxygen atoms in total. The molecule has 5 heteroatoms. The second-order valence-corrected chi connectivity index (χ2v) is 4.10. The highest BCUT2D eigenvalue weighted by molar-refractivity contribution is 5.85. The summed E-state index contributed by atoms with van der Waals surface area (Å²) in [7, 11) is 1.58. The molecule has 1 aromatic carbocycles. The number of benzene rings is 1. The molecule has 0 saturated carbocycles. The maximum Gasteiger partial charge on any atom is 0.256 e. The van der Waals surface area contributed by atoms with Crippen LogP contribution in [0, 0.1) is 0 Å². The van der Waals surface area contributed by atoms with Gasteiger partial charge in [0.15, 0.2) is 6.10 Å². The van der Waals surface area contributed by atoms with Gasteiger partial charge in [-0.25, -0.2) is 0 Å². The fraction of sp³-hybridized carbons (Fsp3) is 0.462. The van der Waals surface area contributed by atoms with Gasteiger partial charge in [0.2, 0.25) is 0 Å². The summed E-state index contributed by atoms with van der Waals surface area (Å²) in [5.74, 6) is 0.0557. The summed E-state index contributed by atoms with van der Waals surface area (Å²) in [6.45, 7) is 3.23. The van der Waals surface area contributed by atoms with Crippen molar-refractivity contribution in [2.75, 3.05) is 33.3 Å². The number of hydrogen-bond acceptors (Lipinski definition) is 3. The molecule has 1 saturated heterocycles. The van der Waals surface area contributed by atoms with Crippen molar-refractivity contribution in [1.82, 2.24) is 10.2 Å². The lowest BCUT2D eigenvalue weighted by Gasteiger charge is -2.30. The van der Waals surface area contributed by atoms with E-state index in [9.17, 15) is 4.79 Å². The van der Waals surface area contributed by atoms with E-state index in [-0.39, 0.29) is 18.3 Å². The van der Waals surface area contributed by atoms with Gasteiger partial charge < -0.3 is 15.0 Å². The maximum atomic E-state index is 12.3. The van der Waals surface area contributed by atoms with Crippen LogP contribution in [0.1, 0.15) is 11.7 Å². The molecule has 0 aliphatic carbocycles. The predicted octanol–water partition coefficient (Wildman–Crippen LogP) is 1.23. The number of ether oxygens (including phenoxy) is 1. The van der Waals surface area contributed by atoms with Crippen molar-refractivity contribution in [3.05, 3.63) is 35.9 Å². The van der Waals surface area contributed by atoms with Crippen LogP contribution in [0.5, 0.6) is 0 Å². The first-order chi connectivity index (χ1) is 8.33. The van der Waals surface area contributed by atoms with E-state index in [0.717, 1.165) is 31.7 Å². The zero-order valence-electron chi connectivity index (χ0n) is 10.5. The molecule has 2 rings (SSSR count). The summed E-state index contributed by atoms with van der Waals surface area (Å²) in [6, 6.07) is 9.63. The maximum absolute atomic E-state index is 12.3. The van der Waals surface area contributed by atoms with E-state index in [1.165, 1.54) is 0 Å². The molecule has 1 fully saturated rings. The normalized spacial score (nSPS) is 16.8. The lowest BCUT2D eigenvalue weighted by atomic mass is 10.1. The van der Waals surface area contributed by atoms with Gasteiger partial charge in [-0.1, -0.05) is 30.3 Å². The quantitative estimate of drug-likeness (QED) is 0.898. The Kier molecular flexibility index (Phi) is 6.12. The molecule has 0 bridgehead atoms. The number of nitrogens with one attached hydrogen (secondary N) is 1. The molecule has 1 heterocycles. The van der Waals surface area contributed by atoms with Crippen LogP contribution in [0.3, 0.4) is 0 Å². The van der Waals surface area contributed by atoms with E-state index < -0.39 is 6.10 Å². The fourth-order valence-corrected chi connectivity index (χ4v) is 2.06. The summed E-state index contributed by atoms with van der Waals surface area (Å²) in [4.78, 5) is 14.2. The highest BCUT2D eigenvalue weighted by Gasteiger charge is 2.26. The molecule has 1 aromatic rings. The smallest absolute Gasteiger partial charge is 0.256 e. The van der Waals surface area contributed by atoms with Gasteiger partial charge in [-0.05, 0) is 5.56 Å². The molecule has 0 radical (unpaired) electrons. The Morgan fingerprint density at radius 1 is 1.28 bits per heavy atom. The van der Waals surface area contributed by atoms with Gasteiger partial charge in [0, 0.05) is 33.3 Å². The third-order valence-electron chi connectivity index (χ3n) is 2.99. The number of piperazine rings is 1. The number of halogens is 1. The highest BCUT2D eigenvalue weighted by Crippen LogP contribution is 2.19. The van der Waals surface area contributed by atoms with Crippen molar-refractivity contribution >= 4 is 18.3 Å². The fourth-order valence-electron chi connectivity index (χ4n) is 2.06. The standard InChI is InChI=1S/C13H18N2O2.ClH/c1-17-12(11-5-3-2-4-6-11)13(16)15-9-7-14-8-10-15;/h2-6,12,14H,7-10H2,1H3;1H/t12-;/m1./s1. The first-order valence-electron chi connectivity index (χ1n) is 5.90. The number of nitrogens with zero attached hydrogens (tertiary/aromatic N) is 1. The van der Waals surface area contributed by atoms with Gasteiger partial charge >= 0.3 is 0 Å². The molecule has 100 valence electrons. The van der Waals surface area contributed by atoms with Crippen LogP contribution in [0.2, 0.25) is 0 Å². The second-order valence-electron chi connectivity index (χ2n) is 4.10. The average molecular weight is 271 g/mol. The van der Waals surface area contributed by atoms with E-state index in [1.54, 1.807) is 7.11 Å². The third-order valence-corrected chi connectivity index (χ3v) is 2.99. The largest absolute Gasteiger partial charge is 0.367 e. The van der Waals surface area contributed by atoms with Crippen molar-refractivity contribution in [2.24, 2.45) is 0 Å². The lowest BCUT2D eigenvalue weighted by molar-refractivity contribution is -0.143. The molecule has 0 unspecified atom stereocenters. The number of hydrogen-bond donors (Lipinski definition) is 1. The van der Waals surface area contributed by atoms with Gasteiger partial charge in [0.25, 0.3) is 5.91 Å². The Labute approximate surface area is 114 Å². The van der Waals surface area contributed by atoms with Crippen LogP contribution < -0.4 is 5.32 Å². The van der Waals surface area contributed by atoms with Gasteiger partial charge in [-0.3, -0.25) is 4.79 Å². The van der Waals surface area contributed by atoms with Gasteiger partial charge in [-0.15, -0.1) is 12.4 Å². The number of methoxy groups -OCH3 is 1. The van der Waals surface area contributed by atoms with E-state index in [1.807, 2.05) is 35.2 Å². The van der Waals surface area contributed by atoms with Crippen LogP contribution in [-0.2, 0) is 9.53 Å². The average Bonchev–Trinajstić information content (AvgIpc) is 2.42. The van der Waals surface area contributed by atoms with E-state index in [2.05, 4.69) is 5.32 Å². The second kappa shape index (κ2) is 7.36. The van der Waals surface area contributed by atoms with Crippen LogP contribution in [0.4, 0.5) is 0 Å². The zero-order chi connectivity index (χ0) is 12.1. The first-order valence-corrected chi connectivity index (χ1v) is 5.90. The Bertz CT molecular complexity index is 367. The number of carbonyl (C=O) groups is 1. The third kappa shape index (κ3) is 3.45. The van der Waals surface area contributed by atoms with Crippen LogP contribution in [-0.4, -0.2) is 44.1 Å². The van der Waals surface area contributed by atoms with Gasteiger partial charge in [-0.2, -0.15) is 0 Å². The van der Waals surface area contributed by atoms with Crippen LogP contribution >= 0.6 is 12.4 Å². The lowest BCUT2D eigenvalue weighted by Crippen LogP contribution is -2.48. The molecule has 1 atom stereocenters. The minimum atomic E-state index is -0.478. The molecule has 0 spiro atoms. The molecule has 1 N–H and O–H groups in total. The van der Waals surface area contributed by atoms with Crippen LogP contribution in [0.25, 0.3) is 0 Å². The Morgan fingerprint density at radius 2 is 1.89 bits per heavy atom. The summed E-state index contributed by atoms with van der Waals surface area (Å²) in [5.41, 5.74) is 0.915. The topological polar surface area (TPSA) is 41.6 Å². The highest BCUT2D eigenvalue weighted by atomic mass is 35.5. The Hall–Kier alpha value is -1.10. The molecule has 1 aliphatic rings. The summed E-state index contributed by atoms with van der Waals surface area (Å²) in [5, 5.41) is 3.23. The van der Waals surface area contributed by atoms with Gasteiger partial charge in [0.1, 0.15) is 0 Å². The van der Waals surface area contributed by atoms with E-state index >= 15 is 0 Å². The van der Waals surface area contributed by atoms with Crippen molar-refractivity contribution in [3.8, 4) is 0 Å². The molecular formula is C13H19ClN2O2. The first kappa shape index (κ1) is 15.0. The SMILES string of the molecule is CO[C@@H](C(=O)N1CCNCC1)c1ccccc1.Cl. The molecule has 18 heavy (non-hydrogen) atoms. The van der Waals surface area contributed by atoms with Gasteiger partial charge in [0.05, 0.1) is 0 Å². The molecule has 1 aliphatic heterocycles. The number of amides is 1. The monoisotopic (exact) mass is 270 g/mol. The summed E-state index contributed by atoms with van der Waals surface area (Å²) >= 11 is 0. The summed E-state index contributed by atoms with van der Waals surface area (Å²) in [6.07, 6.45) is -0.478. The van der Waals surface area contributed by atoms with Crippen molar-refractivity contribution in [1.29, 1.82) is 0 Å². The molecule has 1 amide bonds. The van der Waals surface area contributed by atoms with Crippen molar-refractivity contribution in [3.63, 3.8) is 0 Å². The zero-order valence-corrected chi connectivity index (χ0v) is 11.3. The van der Waals surface area contributed by atoms with E-state index in [0.29, 0.717) is 0 Å². The number of rotatable bonds is 3. The summed E-state index contributed by atoms with van der Waals surface area (Å²) < 4.78 is 5.34. The molecule has 0 aromatic heterocycles. The Morgan fingerprint density at radius 3 is 2.44 bits per heavy atom.